The van der Waals surface area contributed by atoms with Gasteiger partial charge in [0, 0.05) is 43.2 Å². The minimum absolute atomic E-state index is 0. The van der Waals surface area contributed by atoms with E-state index < -0.39 is 5.60 Å². The predicted molar refractivity (Wildman–Crippen MR) is 133 cm³/mol. The average Bonchev–Trinajstić information content (AvgIpc) is 3.38. The summed E-state index contributed by atoms with van der Waals surface area (Å²) in [5, 5.41) is 21.7. The molecule has 3 N–H and O–H groups in total. The van der Waals surface area contributed by atoms with Crippen LogP contribution in [0.4, 0.5) is 0 Å². The van der Waals surface area contributed by atoms with Crippen molar-refractivity contribution in [2.24, 2.45) is 4.99 Å². The summed E-state index contributed by atoms with van der Waals surface area (Å²) in [7, 11) is 0. The standard InChI is InChI=1S/C20H34N4OS2.HI/c1-3-21-18(22-15-19(2,25)17-6-11-27-14-17)23-16-20(7-4-5-8-20)24-9-12-26-13-10-24;/h6,11,14,25H,3-5,7-10,12-13,15-16H2,1-2H3,(H2,21,22,23);1H. The Labute approximate surface area is 195 Å². The maximum absolute atomic E-state index is 10.8. The molecule has 3 rings (SSSR count). The van der Waals surface area contributed by atoms with Crippen LogP contribution in [0.1, 0.15) is 45.1 Å². The number of hydrogen-bond donors (Lipinski definition) is 3. The van der Waals surface area contributed by atoms with Crippen LogP contribution in [0, 0.1) is 0 Å². The van der Waals surface area contributed by atoms with Crippen LogP contribution in [0.3, 0.4) is 0 Å². The zero-order valence-electron chi connectivity index (χ0n) is 17.1. The molecule has 1 aromatic heterocycles. The molecule has 5 nitrogen and oxygen atoms in total. The van der Waals surface area contributed by atoms with Gasteiger partial charge in [0.15, 0.2) is 5.96 Å². The molecule has 1 unspecified atom stereocenters. The predicted octanol–water partition coefficient (Wildman–Crippen LogP) is 3.49. The van der Waals surface area contributed by atoms with Crippen LogP contribution in [0.25, 0.3) is 0 Å². The number of thioether (sulfide) groups is 1. The fourth-order valence-corrected chi connectivity index (χ4v) is 5.85. The summed E-state index contributed by atoms with van der Waals surface area (Å²) >= 11 is 3.68. The molecule has 1 aliphatic carbocycles. The topological polar surface area (TPSA) is 59.9 Å². The summed E-state index contributed by atoms with van der Waals surface area (Å²) in [6.45, 7) is 8.43. The first-order chi connectivity index (χ1) is 13.1. The lowest BCUT2D eigenvalue weighted by Crippen LogP contribution is -2.57. The molecule has 0 bridgehead atoms. The van der Waals surface area contributed by atoms with Gasteiger partial charge in [-0.1, -0.05) is 12.8 Å². The van der Waals surface area contributed by atoms with Gasteiger partial charge in [0.2, 0.25) is 0 Å². The zero-order chi connectivity index (χ0) is 19.2. The van der Waals surface area contributed by atoms with Gasteiger partial charge in [-0.15, -0.1) is 24.0 Å². The molecule has 1 atom stereocenters. The second kappa shape index (κ2) is 11.4. The summed E-state index contributed by atoms with van der Waals surface area (Å²) in [5.41, 5.74) is 0.273. The van der Waals surface area contributed by atoms with E-state index in [1.54, 1.807) is 11.3 Å². The first-order valence-electron chi connectivity index (χ1n) is 10.2. The van der Waals surface area contributed by atoms with Crippen molar-refractivity contribution < 1.29 is 5.11 Å². The summed E-state index contributed by atoms with van der Waals surface area (Å²) in [5.74, 6) is 3.31. The van der Waals surface area contributed by atoms with Gasteiger partial charge in [-0.05, 0) is 49.1 Å². The van der Waals surface area contributed by atoms with Crippen molar-refractivity contribution in [3.05, 3.63) is 22.4 Å². The number of nitrogens with one attached hydrogen (secondary N) is 2. The molecule has 0 spiro atoms. The van der Waals surface area contributed by atoms with Crippen LogP contribution in [0.5, 0.6) is 0 Å². The third kappa shape index (κ3) is 6.23. The van der Waals surface area contributed by atoms with E-state index in [0.29, 0.717) is 6.54 Å². The Hall–Kier alpha value is -0.0300. The second-order valence-corrected chi connectivity index (χ2v) is 9.87. The number of nitrogens with zero attached hydrogens (tertiary/aromatic N) is 2. The molecular formula is C20H35IN4OS2. The molecule has 1 saturated carbocycles. The molecule has 1 aromatic rings. The molecule has 160 valence electrons. The Morgan fingerprint density at radius 1 is 1.29 bits per heavy atom. The second-order valence-electron chi connectivity index (χ2n) is 7.87. The maximum atomic E-state index is 10.8. The van der Waals surface area contributed by atoms with Crippen molar-refractivity contribution in [2.75, 3.05) is 44.2 Å². The minimum atomic E-state index is -0.933. The van der Waals surface area contributed by atoms with Crippen molar-refractivity contribution >= 4 is 53.0 Å². The van der Waals surface area contributed by atoms with Gasteiger partial charge in [-0.25, -0.2) is 4.99 Å². The highest BCUT2D eigenvalue weighted by molar-refractivity contribution is 14.0. The third-order valence-electron chi connectivity index (χ3n) is 5.83. The van der Waals surface area contributed by atoms with Crippen LogP contribution >= 0.6 is 47.1 Å². The van der Waals surface area contributed by atoms with Gasteiger partial charge in [0.25, 0.3) is 0 Å². The van der Waals surface area contributed by atoms with E-state index >= 15 is 0 Å². The number of aliphatic hydroxyl groups is 1. The zero-order valence-corrected chi connectivity index (χ0v) is 21.0. The molecule has 8 heteroatoms. The fraction of sp³-hybridized carbons (Fsp3) is 0.750. The van der Waals surface area contributed by atoms with Crippen LogP contribution in [0.2, 0.25) is 0 Å². The molecule has 2 aliphatic rings. The van der Waals surface area contributed by atoms with Crippen molar-refractivity contribution in [3.8, 4) is 0 Å². The lowest BCUT2D eigenvalue weighted by molar-refractivity contribution is 0.0676. The molecular weight excluding hydrogens is 503 g/mol. The van der Waals surface area contributed by atoms with Crippen LogP contribution in [0.15, 0.2) is 21.8 Å². The van der Waals surface area contributed by atoms with Crippen molar-refractivity contribution in [1.29, 1.82) is 0 Å². The summed E-state index contributed by atoms with van der Waals surface area (Å²) in [6.07, 6.45) is 5.20. The first kappa shape index (κ1) is 24.2. The van der Waals surface area contributed by atoms with Crippen LogP contribution in [-0.2, 0) is 5.60 Å². The van der Waals surface area contributed by atoms with Gasteiger partial charge < -0.3 is 15.7 Å². The van der Waals surface area contributed by atoms with E-state index in [4.69, 9.17) is 4.99 Å². The van der Waals surface area contributed by atoms with Gasteiger partial charge in [0.05, 0.1) is 6.54 Å². The quantitative estimate of drug-likeness (QED) is 0.282. The minimum Gasteiger partial charge on any atom is -0.383 e. The van der Waals surface area contributed by atoms with Crippen molar-refractivity contribution in [1.82, 2.24) is 15.5 Å². The molecule has 28 heavy (non-hydrogen) atoms. The Bertz CT molecular complexity index is 597. The maximum Gasteiger partial charge on any atom is 0.191 e. The Balaban J connectivity index is 0.00000280. The van der Waals surface area contributed by atoms with Crippen molar-refractivity contribution in [2.45, 2.75) is 50.7 Å². The Morgan fingerprint density at radius 2 is 2.00 bits per heavy atom. The number of rotatable bonds is 7. The van der Waals surface area contributed by atoms with E-state index in [9.17, 15) is 5.11 Å². The Morgan fingerprint density at radius 3 is 2.61 bits per heavy atom. The normalized spacial score (nSPS) is 22.3. The highest BCUT2D eigenvalue weighted by Crippen LogP contribution is 2.36. The van der Waals surface area contributed by atoms with Crippen LogP contribution < -0.4 is 10.6 Å². The van der Waals surface area contributed by atoms with Gasteiger partial charge in [0.1, 0.15) is 5.60 Å². The van der Waals surface area contributed by atoms with Crippen molar-refractivity contribution in [3.63, 3.8) is 0 Å². The largest absolute Gasteiger partial charge is 0.383 e. The van der Waals surface area contributed by atoms with E-state index in [2.05, 4.69) is 34.2 Å². The average molecular weight is 539 g/mol. The Kier molecular flexibility index (Phi) is 9.86. The fourth-order valence-electron chi connectivity index (χ4n) is 4.16. The number of halogens is 1. The molecule has 0 aromatic carbocycles. The van der Waals surface area contributed by atoms with Gasteiger partial charge in [-0.2, -0.15) is 23.1 Å². The molecule has 1 aliphatic heterocycles. The van der Waals surface area contributed by atoms with Crippen LogP contribution in [-0.4, -0.2) is 65.7 Å². The van der Waals surface area contributed by atoms with Gasteiger partial charge >= 0.3 is 0 Å². The van der Waals surface area contributed by atoms with E-state index in [1.165, 1.54) is 50.3 Å². The number of thiophene rings is 1. The lowest BCUT2D eigenvalue weighted by Gasteiger charge is -2.43. The number of aliphatic imine (C=N–C) groups is 1. The lowest BCUT2D eigenvalue weighted by atomic mass is 9.94. The molecule has 2 fully saturated rings. The molecule has 2 heterocycles. The molecule has 1 saturated heterocycles. The van der Waals surface area contributed by atoms with E-state index in [0.717, 1.165) is 24.6 Å². The highest BCUT2D eigenvalue weighted by Gasteiger charge is 2.40. The monoisotopic (exact) mass is 538 g/mol. The highest BCUT2D eigenvalue weighted by atomic mass is 127. The molecule has 0 radical (unpaired) electrons. The first-order valence-corrected chi connectivity index (χ1v) is 12.3. The summed E-state index contributed by atoms with van der Waals surface area (Å²) < 4.78 is 0. The third-order valence-corrected chi connectivity index (χ3v) is 7.46. The van der Waals surface area contributed by atoms with E-state index in [-0.39, 0.29) is 29.5 Å². The number of hydrogen-bond acceptors (Lipinski definition) is 5. The van der Waals surface area contributed by atoms with E-state index in [1.807, 2.05) is 23.8 Å². The number of guanidine groups is 1. The van der Waals surface area contributed by atoms with Gasteiger partial charge in [-0.3, -0.25) is 4.90 Å². The summed E-state index contributed by atoms with van der Waals surface area (Å²) in [4.78, 5) is 7.42. The smallest absolute Gasteiger partial charge is 0.191 e. The SMILES string of the molecule is CCNC(=NCC(C)(O)c1ccsc1)NCC1(N2CCSCC2)CCCC1.I. The molecule has 0 amide bonds. The summed E-state index contributed by atoms with van der Waals surface area (Å²) in [6, 6.07) is 1.97.